The molecule has 1 aromatic heterocycles. The fourth-order valence-electron chi connectivity index (χ4n) is 3.59. The quantitative estimate of drug-likeness (QED) is 0.654. The predicted molar refractivity (Wildman–Crippen MR) is 116 cm³/mol. The van der Waals surface area contributed by atoms with Gasteiger partial charge < -0.3 is 10.1 Å². The SMILES string of the molecule is Cc1ccccc1Cn1c(=O)c(C(=O)NCC2CCCO2)nn(-c2ccccc2)c1=O. The Kier molecular flexibility index (Phi) is 6.08. The molecule has 0 bridgehead atoms. The smallest absolute Gasteiger partial charge is 0.352 e. The van der Waals surface area contributed by atoms with Crippen LogP contribution in [0.2, 0.25) is 0 Å². The third kappa shape index (κ3) is 4.49. The number of hydrogen-bond acceptors (Lipinski definition) is 5. The number of aromatic nitrogens is 3. The van der Waals surface area contributed by atoms with E-state index in [0.717, 1.165) is 33.2 Å². The van der Waals surface area contributed by atoms with Crippen molar-refractivity contribution in [2.75, 3.05) is 13.2 Å². The number of hydrogen-bond donors (Lipinski definition) is 1. The van der Waals surface area contributed by atoms with Crippen LogP contribution in [0.15, 0.2) is 64.2 Å². The van der Waals surface area contributed by atoms with E-state index in [1.54, 1.807) is 24.3 Å². The minimum Gasteiger partial charge on any atom is -0.376 e. The van der Waals surface area contributed by atoms with E-state index in [1.807, 2.05) is 37.3 Å². The van der Waals surface area contributed by atoms with Gasteiger partial charge in [0.1, 0.15) is 0 Å². The monoisotopic (exact) mass is 420 g/mol. The Bertz CT molecular complexity index is 1190. The lowest BCUT2D eigenvalue weighted by Crippen LogP contribution is -2.46. The molecule has 31 heavy (non-hydrogen) atoms. The van der Waals surface area contributed by atoms with Crippen LogP contribution in [0.1, 0.15) is 34.5 Å². The van der Waals surface area contributed by atoms with Gasteiger partial charge >= 0.3 is 5.69 Å². The zero-order chi connectivity index (χ0) is 21.8. The highest BCUT2D eigenvalue weighted by molar-refractivity contribution is 5.91. The van der Waals surface area contributed by atoms with E-state index in [4.69, 9.17) is 4.74 Å². The van der Waals surface area contributed by atoms with E-state index in [1.165, 1.54) is 0 Å². The first-order valence-electron chi connectivity index (χ1n) is 10.3. The highest BCUT2D eigenvalue weighted by Crippen LogP contribution is 2.11. The van der Waals surface area contributed by atoms with Crippen molar-refractivity contribution in [1.29, 1.82) is 0 Å². The van der Waals surface area contributed by atoms with Crippen molar-refractivity contribution in [3.63, 3.8) is 0 Å². The fraction of sp³-hybridized carbons (Fsp3) is 0.304. The zero-order valence-electron chi connectivity index (χ0n) is 17.3. The van der Waals surface area contributed by atoms with Crippen LogP contribution in [0.4, 0.5) is 0 Å². The molecule has 0 saturated carbocycles. The van der Waals surface area contributed by atoms with Crippen molar-refractivity contribution in [2.45, 2.75) is 32.4 Å². The normalized spacial score (nSPS) is 15.7. The number of carbonyl (C=O) groups excluding carboxylic acids is 1. The molecule has 8 heteroatoms. The van der Waals surface area contributed by atoms with Gasteiger partial charge in [0.2, 0.25) is 5.69 Å². The maximum absolute atomic E-state index is 13.2. The lowest BCUT2D eigenvalue weighted by molar-refractivity contribution is 0.0849. The number of carbonyl (C=O) groups is 1. The Hall–Kier alpha value is -3.52. The van der Waals surface area contributed by atoms with E-state index in [9.17, 15) is 14.4 Å². The lowest BCUT2D eigenvalue weighted by atomic mass is 10.1. The van der Waals surface area contributed by atoms with Gasteiger partial charge in [0.15, 0.2) is 0 Å². The molecule has 4 rings (SSSR count). The summed E-state index contributed by atoms with van der Waals surface area (Å²) in [6.45, 7) is 2.92. The zero-order valence-corrected chi connectivity index (χ0v) is 17.3. The predicted octanol–water partition coefficient (Wildman–Crippen LogP) is 1.66. The largest absolute Gasteiger partial charge is 0.376 e. The molecule has 0 radical (unpaired) electrons. The Morgan fingerprint density at radius 2 is 1.87 bits per heavy atom. The molecule has 1 aliphatic heterocycles. The van der Waals surface area contributed by atoms with E-state index >= 15 is 0 Å². The molecule has 0 spiro atoms. The number of amides is 1. The van der Waals surface area contributed by atoms with Gasteiger partial charge in [0.05, 0.1) is 18.3 Å². The highest BCUT2D eigenvalue weighted by Gasteiger charge is 2.22. The van der Waals surface area contributed by atoms with Crippen LogP contribution < -0.4 is 16.6 Å². The molecule has 0 aliphatic carbocycles. The van der Waals surface area contributed by atoms with Crippen LogP contribution in [0.3, 0.4) is 0 Å². The molecule has 1 fully saturated rings. The average Bonchev–Trinajstić information content (AvgIpc) is 3.31. The fourth-order valence-corrected chi connectivity index (χ4v) is 3.59. The maximum atomic E-state index is 13.2. The van der Waals surface area contributed by atoms with Crippen LogP contribution in [-0.2, 0) is 11.3 Å². The van der Waals surface area contributed by atoms with Crippen LogP contribution >= 0.6 is 0 Å². The van der Waals surface area contributed by atoms with E-state index in [-0.39, 0.29) is 18.3 Å². The highest BCUT2D eigenvalue weighted by atomic mass is 16.5. The third-order valence-electron chi connectivity index (χ3n) is 5.38. The number of aryl methyl sites for hydroxylation is 1. The molecule has 1 amide bonds. The number of nitrogens with one attached hydrogen (secondary N) is 1. The summed E-state index contributed by atoms with van der Waals surface area (Å²) in [5.41, 5.74) is 0.592. The van der Waals surface area contributed by atoms with Gasteiger partial charge in [-0.1, -0.05) is 42.5 Å². The lowest BCUT2D eigenvalue weighted by Gasteiger charge is -2.14. The minimum absolute atomic E-state index is 0.0473. The van der Waals surface area contributed by atoms with Crippen molar-refractivity contribution in [3.8, 4) is 5.69 Å². The van der Waals surface area contributed by atoms with Crippen LogP contribution in [0, 0.1) is 6.92 Å². The van der Waals surface area contributed by atoms with Crippen molar-refractivity contribution in [3.05, 3.63) is 92.3 Å². The summed E-state index contributed by atoms with van der Waals surface area (Å²) in [6.07, 6.45) is 1.73. The molecule has 1 saturated heterocycles. The second-order valence-electron chi connectivity index (χ2n) is 7.54. The number of para-hydroxylation sites is 1. The summed E-state index contributed by atoms with van der Waals surface area (Å²) in [7, 11) is 0. The second-order valence-corrected chi connectivity index (χ2v) is 7.54. The van der Waals surface area contributed by atoms with Gasteiger partial charge in [-0.2, -0.15) is 9.78 Å². The van der Waals surface area contributed by atoms with Crippen LogP contribution in [-0.4, -0.2) is 39.5 Å². The summed E-state index contributed by atoms with van der Waals surface area (Å²) >= 11 is 0. The maximum Gasteiger partial charge on any atom is 0.352 e. The molecule has 1 unspecified atom stereocenters. The van der Waals surface area contributed by atoms with Gasteiger partial charge in [-0.3, -0.25) is 14.2 Å². The van der Waals surface area contributed by atoms with Gasteiger partial charge in [-0.25, -0.2) is 4.79 Å². The molecule has 2 aromatic carbocycles. The molecule has 160 valence electrons. The number of benzene rings is 2. The summed E-state index contributed by atoms with van der Waals surface area (Å²) in [5.74, 6) is -0.622. The molecule has 1 atom stereocenters. The standard InChI is InChI=1S/C23H24N4O4/c1-16-8-5-6-9-17(16)15-26-22(29)20(21(28)24-14-19-12-7-13-31-19)25-27(23(26)30)18-10-3-2-4-11-18/h2-6,8-11,19H,7,12-15H2,1H3,(H,24,28). The summed E-state index contributed by atoms with van der Waals surface area (Å²) in [6, 6.07) is 16.2. The molecule has 8 nitrogen and oxygen atoms in total. The first kappa shape index (κ1) is 20.7. The van der Waals surface area contributed by atoms with Crippen molar-refractivity contribution in [2.24, 2.45) is 0 Å². The third-order valence-corrected chi connectivity index (χ3v) is 5.38. The van der Waals surface area contributed by atoms with Crippen molar-refractivity contribution < 1.29 is 9.53 Å². The topological polar surface area (TPSA) is 95.2 Å². The van der Waals surface area contributed by atoms with Gasteiger partial charge in [0, 0.05) is 13.2 Å². The second kappa shape index (κ2) is 9.09. The first-order valence-corrected chi connectivity index (χ1v) is 10.3. The summed E-state index contributed by atoms with van der Waals surface area (Å²) in [5, 5.41) is 6.86. The number of ether oxygens (including phenoxy) is 1. The molecular formula is C23H24N4O4. The average molecular weight is 420 g/mol. The van der Waals surface area contributed by atoms with Gasteiger partial charge in [-0.15, -0.1) is 0 Å². The van der Waals surface area contributed by atoms with E-state index in [0.29, 0.717) is 18.8 Å². The van der Waals surface area contributed by atoms with Crippen molar-refractivity contribution >= 4 is 5.91 Å². The van der Waals surface area contributed by atoms with E-state index < -0.39 is 17.2 Å². The number of nitrogens with zero attached hydrogens (tertiary/aromatic N) is 3. The minimum atomic E-state index is -0.717. The van der Waals surface area contributed by atoms with Gasteiger partial charge in [0.25, 0.3) is 11.5 Å². The Balaban J connectivity index is 1.76. The van der Waals surface area contributed by atoms with Crippen LogP contribution in [0.25, 0.3) is 5.69 Å². The summed E-state index contributed by atoms with van der Waals surface area (Å²) in [4.78, 5) is 39.1. The first-order chi connectivity index (χ1) is 15.0. The molecule has 1 N–H and O–H groups in total. The Morgan fingerprint density at radius 3 is 2.58 bits per heavy atom. The molecule has 3 aromatic rings. The van der Waals surface area contributed by atoms with E-state index in [2.05, 4.69) is 10.4 Å². The molecule has 2 heterocycles. The van der Waals surface area contributed by atoms with Crippen molar-refractivity contribution in [1.82, 2.24) is 19.7 Å². The molecule has 1 aliphatic rings. The molecular weight excluding hydrogens is 396 g/mol. The van der Waals surface area contributed by atoms with Crippen LogP contribution in [0.5, 0.6) is 0 Å². The Morgan fingerprint density at radius 1 is 1.13 bits per heavy atom. The number of rotatable bonds is 6. The Labute approximate surface area is 179 Å². The van der Waals surface area contributed by atoms with Gasteiger partial charge in [-0.05, 0) is 43.0 Å². The summed E-state index contributed by atoms with van der Waals surface area (Å²) < 4.78 is 7.68.